The molecule has 0 unspecified atom stereocenters. The molecule has 1 saturated carbocycles. The number of amides is 1. The van der Waals surface area contributed by atoms with Crippen LogP contribution in [0.3, 0.4) is 0 Å². The number of aromatic amines is 1. The number of aliphatic carboxylic acids is 1. The highest BCUT2D eigenvalue weighted by Crippen LogP contribution is 2.58. The van der Waals surface area contributed by atoms with E-state index in [-0.39, 0.29) is 12.5 Å². The van der Waals surface area contributed by atoms with Gasteiger partial charge in [0, 0.05) is 0 Å². The Morgan fingerprint density at radius 2 is 2.24 bits per heavy atom. The van der Waals surface area contributed by atoms with Crippen molar-refractivity contribution in [3.63, 3.8) is 0 Å². The lowest BCUT2D eigenvalue weighted by atomic mass is 10.1. The van der Waals surface area contributed by atoms with E-state index < -0.39 is 23.2 Å². The number of rotatable bonds is 4. The Labute approximate surface area is 97.6 Å². The van der Waals surface area contributed by atoms with Crippen molar-refractivity contribution in [3.05, 3.63) is 12.2 Å². The van der Waals surface area contributed by atoms with Crippen LogP contribution in [-0.2, 0) is 16.1 Å². The first-order valence-corrected chi connectivity index (χ1v) is 5.29. The van der Waals surface area contributed by atoms with Gasteiger partial charge in [0.25, 0.3) is 0 Å². The van der Waals surface area contributed by atoms with Gasteiger partial charge in [-0.1, -0.05) is 13.8 Å². The van der Waals surface area contributed by atoms with Crippen molar-refractivity contribution in [2.45, 2.75) is 20.4 Å². The fraction of sp³-hybridized carbons (Fsp3) is 0.600. The van der Waals surface area contributed by atoms with E-state index in [1.54, 1.807) is 13.8 Å². The summed E-state index contributed by atoms with van der Waals surface area (Å²) in [5, 5.41) is 17.9. The fourth-order valence-electron chi connectivity index (χ4n) is 2.18. The molecule has 92 valence electrons. The molecule has 0 aliphatic heterocycles. The van der Waals surface area contributed by atoms with E-state index in [1.165, 1.54) is 6.33 Å². The van der Waals surface area contributed by atoms with Crippen molar-refractivity contribution in [1.29, 1.82) is 0 Å². The third-order valence-corrected chi connectivity index (χ3v) is 3.27. The normalized spacial score (nSPS) is 25.3. The molecule has 7 nitrogen and oxygen atoms in total. The smallest absolute Gasteiger partial charge is 0.307 e. The quantitative estimate of drug-likeness (QED) is 0.672. The van der Waals surface area contributed by atoms with E-state index in [9.17, 15) is 9.59 Å². The highest BCUT2D eigenvalue weighted by atomic mass is 16.4. The number of nitrogens with one attached hydrogen (secondary N) is 2. The maximum atomic E-state index is 11.8. The molecule has 1 aliphatic rings. The number of hydrogen-bond donors (Lipinski definition) is 3. The molecule has 17 heavy (non-hydrogen) atoms. The maximum absolute atomic E-state index is 11.8. The van der Waals surface area contributed by atoms with Gasteiger partial charge in [-0.15, -0.1) is 0 Å². The van der Waals surface area contributed by atoms with Gasteiger partial charge in [0.05, 0.1) is 18.4 Å². The number of carboxylic acids is 1. The Morgan fingerprint density at radius 3 is 2.71 bits per heavy atom. The maximum Gasteiger partial charge on any atom is 0.307 e. The lowest BCUT2D eigenvalue weighted by molar-refractivity contribution is -0.140. The van der Waals surface area contributed by atoms with E-state index in [1.807, 2.05) is 0 Å². The predicted octanol–water partition coefficient (Wildman–Crippen LogP) is -0.222. The fourth-order valence-corrected chi connectivity index (χ4v) is 2.18. The van der Waals surface area contributed by atoms with Crippen LogP contribution in [0.5, 0.6) is 0 Å². The molecule has 0 bridgehead atoms. The zero-order valence-electron chi connectivity index (χ0n) is 9.60. The van der Waals surface area contributed by atoms with E-state index in [2.05, 4.69) is 20.5 Å². The first-order valence-electron chi connectivity index (χ1n) is 5.29. The van der Waals surface area contributed by atoms with E-state index in [4.69, 9.17) is 5.11 Å². The Morgan fingerprint density at radius 1 is 1.53 bits per heavy atom. The molecule has 1 aromatic rings. The number of H-pyrrole nitrogens is 1. The first kappa shape index (κ1) is 11.6. The summed E-state index contributed by atoms with van der Waals surface area (Å²) in [4.78, 5) is 26.6. The minimum Gasteiger partial charge on any atom is -0.481 e. The van der Waals surface area contributed by atoms with Gasteiger partial charge in [-0.3, -0.25) is 14.7 Å². The molecular formula is C10H14N4O3. The molecule has 7 heteroatoms. The van der Waals surface area contributed by atoms with Gasteiger partial charge in [-0.05, 0) is 5.41 Å². The third kappa shape index (κ3) is 2.00. The molecule has 0 radical (unpaired) electrons. The van der Waals surface area contributed by atoms with Crippen LogP contribution in [0, 0.1) is 17.3 Å². The Hall–Kier alpha value is -1.92. The second-order valence-corrected chi connectivity index (χ2v) is 4.76. The number of aromatic nitrogens is 3. The van der Waals surface area contributed by atoms with E-state index >= 15 is 0 Å². The topological polar surface area (TPSA) is 108 Å². The molecule has 1 aliphatic carbocycles. The summed E-state index contributed by atoms with van der Waals surface area (Å²) < 4.78 is 0. The Bertz CT molecular complexity index is 440. The van der Waals surface area contributed by atoms with Gasteiger partial charge in [0.15, 0.2) is 0 Å². The molecule has 2 atom stereocenters. The minimum atomic E-state index is -0.921. The molecule has 1 aromatic heterocycles. The molecule has 1 fully saturated rings. The van der Waals surface area contributed by atoms with Crippen LogP contribution in [0.2, 0.25) is 0 Å². The number of carboxylic acid groups (broad SMARTS) is 1. The highest BCUT2D eigenvalue weighted by Gasteiger charge is 2.65. The van der Waals surface area contributed by atoms with Crippen LogP contribution >= 0.6 is 0 Å². The van der Waals surface area contributed by atoms with E-state index in [0.29, 0.717) is 5.82 Å². The number of carbonyl (C=O) groups excluding carboxylic acids is 1. The summed E-state index contributed by atoms with van der Waals surface area (Å²) in [7, 11) is 0. The summed E-state index contributed by atoms with van der Waals surface area (Å²) in [6.45, 7) is 3.80. The lowest BCUT2D eigenvalue weighted by Gasteiger charge is -2.03. The average Bonchev–Trinajstić information content (AvgIpc) is 2.65. The van der Waals surface area contributed by atoms with Crippen molar-refractivity contribution in [3.8, 4) is 0 Å². The standard InChI is InChI=1S/C10H14N4O3/c1-10(2)6(7(10)9(16)17)8(15)11-3-5-12-4-13-14-5/h4,6-7H,3H2,1-2H3,(H,11,15)(H,16,17)(H,12,13,14)/t6-,7+/m1/s1. The van der Waals surface area contributed by atoms with Crippen LogP contribution in [0.4, 0.5) is 0 Å². The van der Waals surface area contributed by atoms with Crippen LogP contribution in [-0.4, -0.2) is 32.2 Å². The second kappa shape index (κ2) is 3.83. The van der Waals surface area contributed by atoms with Gasteiger partial charge in [-0.2, -0.15) is 5.10 Å². The first-order chi connectivity index (χ1) is 7.94. The number of nitrogens with zero attached hydrogens (tertiary/aromatic N) is 2. The van der Waals surface area contributed by atoms with Crippen molar-refractivity contribution in [2.24, 2.45) is 17.3 Å². The Kier molecular flexibility index (Phi) is 2.60. The molecule has 2 rings (SSSR count). The number of carbonyl (C=O) groups is 2. The van der Waals surface area contributed by atoms with Crippen molar-refractivity contribution in [1.82, 2.24) is 20.5 Å². The summed E-state index contributed by atoms with van der Waals surface area (Å²) in [6.07, 6.45) is 1.35. The Balaban J connectivity index is 1.92. The largest absolute Gasteiger partial charge is 0.481 e. The summed E-state index contributed by atoms with van der Waals surface area (Å²) in [5.41, 5.74) is -0.475. The predicted molar refractivity (Wildman–Crippen MR) is 56.6 cm³/mol. The SMILES string of the molecule is CC1(C)[C@H](C(=O)O)[C@@H]1C(=O)NCc1ncn[nH]1. The molecule has 0 spiro atoms. The van der Waals surface area contributed by atoms with E-state index in [0.717, 1.165) is 0 Å². The molecular weight excluding hydrogens is 224 g/mol. The van der Waals surface area contributed by atoms with Gasteiger partial charge in [0.1, 0.15) is 12.2 Å². The lowest BCUT2D eigenvalue weighted by Crippen LogP contribution is -2.27. The number of hydrogen-bond acceptors (Lipinski definition) is 4. The zero-order chi connectivity index (χ0) is 12.6. The van der Waals surface area contributed by atoms with Crippen LogP contribution < -0.4 is 5.32 Å². The van der Waals surface area contributed by atoms with Crippen LogP contribution in [0.15, 0.2) is 6.33 Å². The molecule has 1 amide bonds. The van der Waals surface area contributed by atoms with Crippen LogP contribution in [0.1, 0.15) is 19.7 Å². The van der Waals surface area contributed by atoms with Crippen molar-refractivity contribution >= 4 is 11.9 Å². The molecule has 0 saturated heterocycles. The zero-order valence-corrected chi connectivity index (χ0v) is 9.60. The van der Waals surface area contributed by atoms with Gasteiger partial charge < -0.3 is 10.4 Å². The molecule has 3 N–H and O–H groups in total. The van der Waals surface area contributed by atoms with Gasteiger partial charge >= 0.3 is 5.97 Å². The minimum absolute atomic E-state index is 0.234. The molecule has 1 heterocycles. The third-order valence-electron chi connectivity index (χ3n) is 3.27. The van der Waals surface area contributed by atoms with Gasteiger partial charge in [-0.25, -0.2) is 4.98 Å². The van der Waals surface area contributed by atoms with Crippen molar-refractivity contribution in [2.75, 3.05) is 0 Å². The second-order valence-electron chi connectivity index (χ2n) is 4.76. The van der Waals surface area contributed by atoms with Crippen LogP contribution in [0.25, 0.3) is 0 Å². The van der Waals surface area contributed by atoms with Crippen molar-refractivity contribution < 1.29 is 14.7 Å². The van der Waals surface area contributed by atoms with Gasteiger partial charge in [0.2, 0.25) is 5.91 Å². The summed E-state index contributed by atoms with van der Waals surface area (Å²) in [5.74, 6) is -1.70. The summed E-state index contributed by atoms with van der Waals surface area (Å²) >= 11 is 0. The molecule has 0 aromatic carbocycles. The highest BCUT2D eigenvalue weighted by molar-refractivity contribution is 5.91. The monoisotopic (exact) mass is 238 g/mol. The summed E-state index contributed by atoms with van der Waals surface area (Å²) in [6, 6.07) is 0. The average molecular weight is 238 g/mol.